The van der Waals surface area contributed by atoms with Crippen molar-refractivity contribution in [1.82, 2.24) is 0 Å². The van der Waals surface area contributed by atoms with Gasteiger partial charge in [-0.2, -0.15) is 0 Å². The van der Waals surface area contributed by atoms with Crippen LogP contribution in [0.5, 0.6) is 0 Å². The van der Waals surface area contributed by atoms with E-state index in [-0.39, 0.29) is 17.3 Å². The second kappa shape index (κ2) is 4.79. The lowest BCUT2D eigenvalue weighted by Crippen LogP contribution is -2.40. The third-order valence-corrected chi connectivity index (χ3v) is 3.08. The monoisotopic (exact) mass is 221 g/mol. The molecule has 0 aromatic heterocycles. The highest BCUT2D eigenvalue weighted by Crippen LogP contribution is 2.28. The summed E-state index contributed by atoms with van der Waals surface area (Å²) in [4.78, 5) is 0. The number of benzene rings is 1. The summed E-state index contributed by atoms with van der Waals surface area (Å²) in [5.74, 6) is -0.215. The summed E-state index contributed by atoms with van der Waals surface area (Å²) in [5.41, 5.74) is 8.12. The molecule has 0 aliphatic rings. The molecule has 1 rings (SSSR count). The summed E-state index contributed by atoms with van der Waals surface area (Å²) >= 11 is 0. The third-order valence-electron chi connectivity index (χ3n) is 3.08. The molecule has 0 radical (unpaired) electrons. The predicted octanol–water partition coefficient (Wildman–Crippen LogP) is 3.40. The van der Waals surface area contributed by atoms with Gasteiger partial charge in [0, 0.05) is 11.5 Å². The average molecular weight is 221 g/mol. The molecule has 0 heterocycles. The molecule has 1 aromatic rings. The third kappa shape index (κ3) is 2.92. The van der Waals surface area contributed by atoms with Gasteiger partial charge in [0.25, 0.3) is 0 Å². The number of hydrogen-bond acceptors (Lipinski definition) is 1. The van der Waals surface area contributed by atoms with Crippen LogP contribution in [0.2, 0.25) is 0 Å². The molecular formula is C14H20FN. The fourth-order valence-corrected chi connectivity index (χ4v) is 1.72. The van der Waals surface area contributed by atoms with Crippen molar-refractivity contribution in [3.8, 4) is 0 Å². The topological polar surface area (TPSA) is 26.0 Å². The van der Waals surface area contributed by atoms with Crippen molar-refractivity contribution in [2.75, 3.05) is 0 Å². The highest BCUT2D eigenvalue weighted by molar-refractivity contribution is 5.26. The summed E-state index contributed by atoms with van der Waals surface area (Å²) in [6.07, 6.45) is 0.782. The minimum absolute atomic E-state index is 0.00420. The second-order valence-corrected chi connectivity index (χ2v) is 5.00. The van der Waals surface area contributed by atoms with E-state index in [1.807, 2.05) is 6.92 Å². The van der Waals surface area contributed by atoms with Crippen LogP contribution in [0.25, 0.3) is 0 Å². The van der Waals surface area contributed by atoms with Crippen LogP contribution < -0.4 is 5.73 Å². The zero-order valence-corrected chi connectivity index (χ0v) is 10.3. The Hall–Kier alpha value is -1.15. The molecule has 2 heteroatoms. The van der Waals surface area contributed by atoms with Gasteiger partial charge in [-0.15, -0.1) is 6.58 Å². The molecule has 0 aliphatic heterocycles. The van der Waals surface area contributed by atoms with Crippen LogP contribution in [0, 0.1) is 5.82 Å². The maximum absolute atomic E-state index is 12.8. The van der Waals surface area contributed by atoms with Gasteiger partial charge in [0.2, 0.25) is 0 Å². The Morgan fingerprint density at radius 2 is 1.88 bits per heavy atom. The molecule has 0 fully saturated rings. The molecule has 0 saturated carbocycles. The highest BCUT2D eigenvalue weighted by Gasteiger charge is 2.28. The van der Waals surface area contributed by atoms with Crippen LogP contribution in [-0.4, -0.2) is 6.04 Å². The summed E-state index contributed by atoms with van der Waals surface area (Å²) < 4.78 is 12.8. The van der Waals surface area contributed by atoms with Gasteiger partial charge in [-0.25, -0.2) is 4.39 Å². The molecule has 1 nitrogen and oxygen atoms in total. The molecule has 0 amide bonds. The fraction of sp³-hybridized carbons (Fsp3) is 0.429. The number of nitrogens with two attached hydrogens (primary N) is 1. The maximum atomic E-state index is 12.8. The van der Waals surface area contributed by atoms with Crippen molar-refractivity contribution < 1.29 is 4.39 Å². The standard InChI is InChI=1S/C14H20FN/c1-10(2)9-13(16)14(3,4)11-5-7-12(15)8-6-11/h5-8,13H,1,9,16H2,2-4H3. The summed E-state index contributed by atoms with van der Waals surface area (Å²) in [5, 5.41) is 0. The van der Waals surface area contributed by atoms with Gasteiger partial charge in [-0.1, -0.05) is 31.6 Å². The van der Waals surface area contributed by atoms with Crippen LogP contribution in [0.3, 0.4) is 0 Å². The molecule has 16 heavy (non-hydrogen) atoms. The van der Waals surface area contributed by atoms with E-state index in [9.17, 15) is 4.39 Å². The van der Waals surface area contributed by atoms with E-state index in [1.54, 1.807) is 12.1 Å². The molecule has 1 atom stereocenters. The van der Waals surface area contributed by atoms with Crippen LogP contribution in [0.1, 0.15) is 32.8 Å². The molecule has 88 valence electrons. The quantitative estimate of drug-likeness (QED) is 0.775. The smallest absolute Gasteiger partial charge is 0.123 e. The zero-order valence-electron chi connectivity index (χ0n) is 10.3. The Morgan fingerprint density at radius 1 is 1.38 bits per heavy atom. The van der Waals surface area contributed by atoms with E-state index in [1.165, 1.54) is 12.1 Å². The number of halogens is 1. The molecule has 0 aliphatic carbocycles. The molecular weight excluding hydrogens is 201 g/mol. The van der Waals surface area contributed by atoms with E-state index in [2.05, 4.69) is 20.4 Å². The highest BCUT2D eigenvalue weighted by atomic mass is 19.1. The summed E-state index contributed by atoms with van der Waals surface area (Å²) in [7, 11) is 0. The SMILES string of the molecule is C=C(C)CC(N)C(C)(C)c1ccc(F)cc1. The Kier molecular flexibility index (Phi) is 3.87. The van der Waals surface area contributed by atoms with Gasteiger partial charge < -0.3 is 5.73 Å². The largest absolute Gasteiger partial charge is 0.327 e. The lowest BCUT2D eigenvalue weighted by Gasteiger charge is -2.32. The number of hydrogen-bond donors (Lipinski definition) is 1. The molecule has 2 N–H and O–H groups in total. The van der Waals surface area contributed by atoms with Crippen LogP contribution >= 0.6 is 0 Å². The first-order chi connectivity index (χ1) is 7.34. The Balaban J connectivity index is 2.91. The van der Waals surface area contributed by atoms with Crippen molar-refractivity contribution in [2.45, 2.75) is 38.6 Å². The Morgan fingerprint density at radius 3 is 2.31 bits per heavy atom. The van der Waals surface area contributed by atoms with Gasteiger partial charge in [-0.05, 0) is 31.0 Å². The van der Waals surface area contributed by atoms with Crippen molar-refractivity contribution in [2.24, 2.45) is 5.73 Å². The lowest BCUT2D eigenvalue weighted by molar-refractivity contribution is 0.405. The average Bonchev–Trinajstić information content (AvgIpc) is 2.17. The van der Waals surface area contributed by atoms with E-state index < -0.39 is 0 Å². The van der Waals surface area contributed by atoms with E-state index in [0.717, 1.165) is 17.6 Å². The second-order valence-electron chi connectivity index (χ2n) is 5.00. The summed E-state index contributed by atoms with van der Waals surface area (Å²) in [6, 6.07) is 6.55. The first kappa shape index (κ1) is 12.9. The van der Waals surface area contributed by atoms with Gasteiger partial charge in [0.15, 0.2) is 0 Å². The minimum atomic E-state index is -0.215. The summed E-state index contributed by atoms with van der Waals surface area (Å²) in [6.45, 7) is 10.0. The van der Waals surface area contributed by atoms with Crippen molar-refractivity contribution >= 4 is 0 Å². The van der Waals surface area contributed by atoms with Gasteiger partial charge in [0.1, 0.15) is 5.82 Å². The lowest BCUT2D eigenvalue weighted by atomic mass is 9.76. The first-order valence-corrected chi connectivity index (χ1v) is 5.50. The van der Waals surface area contributed by atoms with E-state index in [0.29, 0.717) is 0 Å². The fourth-order valence-electron chi connectivity index (χ4n) is 1.72. The first-order valence-electron chi connectivity index (χ1n) is 5.50. The Bertz CT molecular complexity index is 365. The van der Waals surface area contributed by atoms with E-state index >= 15 is 0 Å². The van der Waals surface area contributed by atoms with Gasteiger partial charge in [0.05, 0.1) is 0 Å². The van der Waals surface area contributed by atoms with Gasteiger partial charge in [-0.3, -0.25) is 0 Å². The van der Waals surface area contributed by atoms with E-state index in [4.69, 9.17) is 5.73 Å². The van der Waals surface area contributed by atoms with Crippen molar-refractivity contribution in [1.29, 1.82) is 0 Å². The zero-order chi connectivity index (χ0) is 12.3. The van der Waals surface area contributed by atoms with Gasteiger partial charge >= 0.3 is 0 Å². The van der Waals surface area contributed by atoms with Crippen LogP contribution in [-0.2, 0) is 5.41 Å². The molecule has 0 saturated heterocycles. The molecule has 0 spiro atoms. The molecule has 0 bridgehead atoms. The Labute approximate surface area is 97.2 Å². The van der Waals surface area contributed by atoms with Crippen LogP contribution in [0.4, 0.5) is 4.39 Å². The predicted molar refractivity (Wildman–Crippen MR) is 66.8 cm³/mol. The molecule has 1 aromatic carbocycles. The minimum Gasteiger partial charge on any atom is -0.327 e. The van der Waals surface area contributed by atoms with Crippen molar-refractivity contribution in [3.05, 3.63) is 47.8 Å². The molecule has 1 unspecified atom stereocenters. The normalized spacial score (nSPS) is 13.6. The van der Waals surface area contributed by atoms with Crippen LogP contribution in [0.15, 0.2) is 36.4 Å². The van der Waals surface area contributed by atoms with Crippen molar-refractivity contribution in [3.63, 3.8) is 0 Å². The number of rotatable bonds is 4. The maximum Gasteiger partial charge on any atom is 0.123 e.